The second-order valence-electron chi connectivity index (χ2n) is 7.48. The fourth-order valence-corrected chi connectivity index (χ4v) is 3.42. The molecule has 1 amide bonds. The van der Waals surface area contributed by atoms with Crippen LogP contribution in [0.1, 0.15) is 18.1 Å². The van der Waals surface area contributed by atoms with Gasteiger partial charge in [0.1, 0.15) is 12.7 Å². The number of ether oxygens (including phenoxy) is 3. The Labute approximate surface area is 186 Å². The maximum absolute atomic E-state index is 14.9. The molecule has 0 saturated carbocycles. The third-order valence-electron chi connectivity index (χ3n) is 5.24. The summed E-state index contributed by atoms with van der Waals surface area (Å²) in [6.45, 7) is 2.91. The van der Waals surface area contributed by atoms with E-state index in [1.165, 1.54) is 17.0 Å². The molecule has 0 spiro atoms. The zero-order valence-electron chi connectivity index (χ0n) is 17.8. The Bertz CT molecular complexity index is 1090. The van der Waals surface area contributed by atoms with Gasteiger partial charge < -0.3 is 19.9 Å². The van der Waals surface area contributed by atoms with Gasteiger partial charge in [0.05, 0.1) is 12.2 Å². The predicted octanol–water partition coefficient (Wildman–Crippen LogP) is 5.04. The molecule has 1 aliphatic rings. The van der Waals surface area contributed by atoms with E-state index in [9.17, 15) is 9.18 Å². The summed E-state index contributed by atoms with van der Waals surface area (Å²) < 4.78 is 31.8. The standard InChI is InChI=1S/C25H25FN2O4/c1-2-17-8-10-23(24(12-17)30-16-18-6-4-3-5-7-18)32-22-11-9-19(13-21(22)26)28-15-20(14-27)31-25(28)29/h3-13,20H,2,14-16,27H2,1H3. The third-order valence-corrected chi connectivity index (χ3v) is 5.24. The first-order valence-electron chi connectivity index (χ1n) is 10.5. The number of hydrogen-bond acceptors (Lipinski definition) is 5. The molecule has 6 nitrogen and oxygen atoms in total. The van der Waals surface area contributed by atoms with Crippen LogP contribution in [-0.2, 0) is 17.8 Å². The minimum Gasteiger partial charge on any atom is -0.485 e. The summed E-state index contributed by atoms with van der Waals surface area (Å²) in [7, 11) is 0. The predicted molar refractivity (Wildman–Crippen MR) is 120 cm³/mol. The lowest BCUT2D eigenvalue weighted by Crippen LogP contribution is -2.27. The monoisotopic (exact) mass is 436 g/mol. The van der Waals surface area contributed by atoms with Crippen molar-refractivity contribution in [3.63, 3.8) is 0 Å². The SMILES string of the molecule is CCc1ccc(Oc2ccc(N3CC(CN)OC3=O)cc2F)c(OCc2ccccc2)c1. The summed E-state index contributed by atoms with van der Waals surface area (Å²) >= 11 is 0. The number of carbonyl (C=O) groups excluding carboxylic acids is 1. The largest absolute Gasteiger partial charge is 0.485 e. The average molecular weight is 436 g/mol. The molecule has 3 aromatic carbocycles. The molecule has 1 aliphatic heterocycles. The molecule has 1 saturated heterocycles. The van der Waals surface area contributed by atoms with E-state index in [-0.39, 0.29) is 18.8 Å². The van der Waals surface area contributed by atoms with Crippen molar-refractivity contribution in [2.24, 2.45) is 5.73 Å². The maximum atomic E-state index is 14.9. The Morgan fingerprint density at radius 1 is 1.03 bits per heavy atom. The van der Waals surface area contributed by atoms with E-state index in [1.807, 2.05) is 49.4 Å². The summed E-state index contributed by atoms with van der Waals surface area (Å²) in [5, 5.41) is 0. The van der Waals surface area contributed by atoms with E-state index >= 15 is 0 Å². The van der Waals surface area contributed by atoms with E-state index in [0.29, 0.717) is 23.8 Å². The van der Waals surface area contributed by atoms with E-state index in [4.69, 9.17) is 19.9 Å². The lowest BCUT2D eigenvalue weighted by molar-refractivity contribution is 0.145. The number of aryl methyl sites for hydroxylation is 1. The number of halogens is 1. The quantitative estimate of drug-likeness (QED) is 0.535. The zero-order chi connectivity index (χ0) is 22.5. The van der Waals surface area contributed by atoms with E-state index in [0.717, 1.165) is 17.5 Å². The average Bonchev–Trinajstić information content (AvgIpc) is 3.21. The molecular weight excluding hydrogens is 411 g/mol. The molecule has 7 heteroatoms. The zero-order valence-corrected chi connectivity index (χ0v) is 17.8. The van der Waals surface area contributed by atoms with Crippen LogP contribution in [0.15, 0.2) is 66.7 Å². The van der Waals surface area contributed by atoms with Crippen LogP contribution in [0.2, 0.25) is 0 Å². The van der Waals surface area contributed by atoms with Crippen molar-refractivity contribution >= 4 is 11.8 Å². The van der Waals surface area contributed by atoms with Gasteiger partial charge >= 0.3 is 6.09 Å². The van der Waals surface area contributed by atoms with Crippen molar-refractivity contribution in [3.8, 4) is 17.2 Å². The summed E-state index contributed by atoms with van der Waals surface area (Å²) in [4.78, 5) is 13.4. The van der Waals surface area contributed by atoms with Gasteiger partial charge in [-0.25, -0.2) is 9.18 Å². The smallest absolute Gasteiger partial charge is 0.414 e. The molecule has 4 rings (SSSR count). The molecule has 1 atom stereocenters. The van der Waals surface area contributed by atoms with Crippen molar-refractivity contribution in [2.75, 3.05) is 18.0 Å². The minimum absolute atomic E-state index is 0.0329. The fourth-order valence-electron chi connectivity index (χ4n) is 3.42. The lowest BCUT2D eigenvalue weighted by Gasteiger charge is -2.16. The third kappa shape index (κ3) is 4.84. The molecule has 0 aromatic heterocycles. The Morgan fingerprint density at radius 2 is 1.81 bits per heavy atom. The molecule has 3 aromatic rings. The van der Waals surface area contributed by atoms with Crippen molar-refractivity contribution in [2.45, 2.75) is 26.1 Å². The first-order chi connectivity index (χ1) is 15.6. The van der Waals surface area contributed by atoms with Crippen LogP contribution in [-0.4, -0.2) is 25.3 Å². The van der Waals surface area contributed by atoms with Crippen LogP contribution in [0.4, 0.5) is 14.9 Å². The normalized spacial score (nSPS) is 15.5. The van der Waals surface area contributed by atoms with Crippen LogP contribution >= 0.6 is 0 Å². The molecular formula is C25H25FN2O4. The van der Waals surface area contributed by atoms with Crippen LogP contribution in [0.3, 0.4) is 0 Å². The molecule has 0 bridgehead atoms. The first kappa shape index (κ1) is 21.6. The highest BCUT2D eigenvalue weighted by Gasteiger charge is 2.31. The minimum atomic E-state index is -0.597. The Morgan fingerprint density at radius 3 is 2.50 bits per heavy atom. The number of carbonyl (C=O) groups is 1. The van der Waals surface area contributed by atoms with Gasteiger partial charge in [0, 0.05) is 12.6 Å². The molecule has 2 N–H and O–H groups in total. The van der Waals surface area contributed by atoms with E-state index < -0.39 is 18.0 Å². The van der Waals surface area contributed by atoms with Crippen molar-refractivity contribution in [1.29, 1.82) is 0 Å². The highest BCUT2D eigenvalue weighted by molar-refractivity contribution is 5.89. The van der Waals surface area contributed by atoms with Gasteiger partial charge in [0.25, 0.3) is 0 Å². The Hall–Kier alpha value is -3.58. The van der Waals surface area contributed by atoms with Crippen molar-refractivity contribution < 1.29 is 23.4 Å². The van der Waals surface area contributed by atoms with Crippen LogP contribution in [0.5, 0.6) is 17.2 Å². The highest BCUT2D eigenvalue weighted by Crippen LogP contribution is 2.36. The van der Waals surface area contributed by atoms with Gasteiger partial charge in [0.15, 0.2) is 23.1 Å². The van der Waals surface area contributed by atoms with Gasteiger partial charge in [-0.15, -0.1) is 0 Å². The Balaban J connectivity index is 1.53. The number of nitrogens with zero attached hydrogens (tertiary/aromatic N) is 1. The molecule has 1 heterocycles. The number of anilines is 1. The summed E-state index contributed by atoms with van der Waals surface area (Å²) in [5.41, 5.74) is 8.05. The van der Waals surface area contributed by atoms with Gasteiger partial charge in [-0.05, 0) is 41.8 Å². The topological polar surface area (TPSA) is 74.0 Å². The number of amides is 1. The Kier molecular flexibility index (Phi) is 6.56. The van der Waals surface area contributed by atoms with Crippen LogP contribution < -0.4 is 20.1 Å². The number of nitrogens with two attached hydrogens (primary N) is 1. The summed E-state index contributed by atoms with van der Waals surface area (Å²) in [6.07, 6.45) is -0.107. The molecule has 0 aliphatic carbocycles. The fraction of sp³-hybridized carbons (Fsp3) is 0.240. The molecule has 1 fully saturated rings. The maximum Gasteiger partial charge on any atom is 0.414 e. The molecule has 166 valence electrons. The van der Waals surface area contributed by atoms with Gasteiger partial charge in [-0.3, -0.25) is 4.90 Å². The summed E-state index contributed by atoms with van der Waals surface area (Å²) in [5.74, 6) is 0.379. The number of hydrogen-bond donors (Lipinski definition) is 1. The molecule has 0 radical (unpaired) electrons. The van der Waals surface area contributed by atoms with Gasteiger partial charge in [0.2, 0.25) is 0 Å². The highest BCUT2D eigenvalue weighted by atomic mass is 19.1. The van der Waals surface area contributed by atoms with E-state index in [1.54, 1.807) is 12.1 Å². The molecule has 1 unspecified atom stereocenters. The van der Waals surface area contributed by atoms with Crippen LogP contribution in [0.25, 0.3) is 0 Å². The summed E-state index contributed by atoms with van der Waals surface area (Å²) in [6, 6.07) is 19.7. The number of benzene rings is 3. The number of cyclic esters (lactones) is 1. The second kappa shape index (κ2) is 9.70. The van der Waals surface area contributed by atoms with Crippen LogP contribution in [0, 0.1) is 5.82 Å². The lowest BCUT2D eigenvalue weighted by atomic mass is 10.1. The van der Waals surface area contributed by atoms with Gasteiger partial charge in [-0.1, -0.05) is 43.3 Å². The second-order valence-corrected chi connectivity index (χ2v) is 7.48. The van der Waals surface area contributed by atoms with Gasteiger partial charge in [-0.2, -0.15) is 0 Å². The van der Waals surface area contributed by atoms with Crippen molar-refractivity contribution in [1.82, 2.24) is 0 Å². The number of rotatable bonds is 8. The van der Waals surface area contributed by atoms with E-state index in [2.05, 4.69) is 0 Å². The molecule has 32 heavy (non-hydrogen) atoms. The first-order valence-corrected chi connectivity index (χ1v) is 10.5. The van der Waals surface area contributed by atoms with Crippen molar-refractivity contribution in [3.05, 3.63) is 83.7 Å².